The van der Waals surface area contributed by atoms with Gasteiger partial charge in [0, 0.05) is 43.9 Å². The van der Waals surface area contributed by atoms with Crippen molar-refractivity contribution < 1.29 is 0 Å². The molecule has 0 radical (unpaired) electrons. The van der Waals surface area contributed by atoms with Crippen LogP contribution in [0.4, 0.5) is 0 Å². The Labute approximate surface area is 292 Å². The maximum Gasteiger partial charge on any atom is 0.166 e. The number of hydrogen-bond donors (Lipinski definition) is 0. The second-order valence-electron chi connectivity index (χ2n) is 13.0. The topological polar surface area (TPSA) is 40.6 Å². The Hall–Kier alpha value is -6.98. The van der Waals surface area contributed by atoms with Crippen molar-refractivity contribution >= 4 is 65.5 Å². The minimum atomic E-state index is 0.684. The van der Waals surface area contributed by atoms with Gasteiger partial charge in [-0.2, -0.15) is 0 Å². The lowest BCUT2D eigenvalue weighted by Crippen LogP contribution is -2.05. The molecule has 7 aromatic carbocycles. The van der Waals surface area contributed by atoms with E-state index in [1.165, 1.54) is 32.6 Å². The molecule has 0 spiro atoms. The predicted octanol–water partition coefficient (Wildman–Crippen LogP) is 11.4. The van der Waals surface area contributed by atoms with Crippen molar-refractivity contribution in [3.8, 4) is 28.6 Å². The number of rotatable bonds is 4. The molecule has 51 heavy (non-hydrogen) atoms. The van der Waals surface area contributed by atoms with Crippen LogP contribution in [-0.4, -0.2) is 23.7 Å². The van der Waals surface area contributed by atoms with E-state index in [2.05, 4.69) is 190 Å². The van der Waals surface area contributed by atoms with Crippen molar-refractivity contribution in [2.24, 2.45) is 0 Å². The van der Waals surface area contributed by atoms with Gasteiger partial charge in [0.1, 0.15) is 11.0 Å². The van der Waals surface area contributed by atoms with Crippen molar-refractivity contribution in [2.45, 2.75) is 0 Å². The fraction of sp³-hybridized carbons (Fsp3) is 0. The molecule has 4 heterocycles. The number of para-hydroxylation sites is 6. The number of aromatic nitrogens is 5. The molecule has 0 atom stereocenters. The van der Waals surface area contributed by atoms with Crippen LogP contribution in [0.15, 0.2) is 176 Å². The molecular weight excluding hydrogens is 623 g/mol. The third-order valence-corrected chi connectivity index (χ3v) is 10.3. The van der Waals surface area contributed by atoms with E-state index in [1.54, 1.807) is 0 Å². The lowest BCUT2D eigenvalue weighted by Gasteiger charge is -2.14. The SMILES string of the molecule is c1ccc(-n2c3ccccc3c3nc(-c4ccc(-n5c6ccccc6c6ccccc65)cc4)nc(-n4c5ccccc5c5ccccc54)c32)cc1. The maximum absolute atomic E-state index is 5.51. The van der Waals surface area contributed by atoms with E-state index < -0.39 is 0 Å². The van der Waals surface area contributed by atoms with Gasteiger partial charge in [-0.1, -0.05) is 109 Å². The Morgan fingerprint density at radius 3 is 1.25 bits per heavy atom. The zero-order chi connectivity index (χ0) is 33.5. The summed E-state index contributed by atoms with van der Waals surface area (Å²) >= 11 is 0. The van der Waals surface area contributed by atoms with Crippen LogP contribution in [0.25, 0.3) is 94.1 Å². The molecule has 0 unspecified atom stereocenters. The molecule has 11 rings (SSSR count). The van der Waals surface area contributed by atoms with Crippen molar-refractivity contribution in [2.75, 3.05) is 0 Å². The van der Waals surface area contributed by atoms with E-state index in [0.29, 0.717) is 5.82 Å². The van der Waals surface area contributed by atoms with E-state index in [9.17, 15) is 0 Å². The highest BCUT2D eigenvalue weighted by Gasteiger charge is 2.24. The minimum Gasteiger partial charge on any atom is -0.309 e. The van der Waals surface area contributed by atoms with Gasteiger partial charge >= 0.3 is 0 Å². The Kier molecular flexibility index (Phi) is 5.89. The van der Waals surface area contributed by atoms with Crippen LogP contribution in [-0.2, 0) is 0 Å². The monoisotopic (exact) mass is 651 g/mol. The molecule has 0 bridgehead atoms. The Morgan fingerprint density at radius 1 is 0.314 bits per heavy atom. The van der Waals surface area contributed by atoms with Crippen LogP contribution in [0.2, 0.25) is 0 Å². The fourth-order valence-electron chi connectivity index (χ4n) is 8.07. The van der Waals surface area contributed by atoms with Gasteiger partial charge in [-0.3, -0.25) is 4.57 Å². The number of hydrogen-bond acceptors (Lipinski definition) is 2. The summed E-state index contributed by atoms with van der Waals surface area (Å²) in [4.78, 5) is 10.9. The first-order valence-electron chi connectivity index (χ1n) is 17.3. The highest BCUT2D eigenvalue weighted by atomic mass is 15.1. The quantitative estimate of drug-likeness (QED) is 0.190. The summed E-state index contributed by atoms with van der Waals surface area (Å²) < 4.78 is 6.98. The lowest BCUT2D eigenvalue weighted by molar-refractivity contribution is 1.05. The number of benzene rings is 7. The van der Waals surface area contributed by atoms with Gasteiger partial charge in [-0.05, 0) is 66.7 Å². The fourth-order valence-corrected chi connectivity index (χ4v) is 8.07. The molecule has 0 amide bonds. The smallest absolute Gasteiger partial charge is 0.166 e. The third-order valence-electron chi connectivity index (χ3n) is 10.3. The molecule has 5 heteroatoms. The van der Waals surface area contributed by atoms with Crippen molar-refractivity contribution in [1.29, 1.82) is 0 Å². The first kappa shape index (κ1) is 27.9. The van der Waals surface area contributed by atoms with Gasteiger partial charge in [0.15, 0.2) is 11.6 Å². The molecule has 11 aromatic rings. The van der Waals surface area contributed by atoms with Crippen LogP contribution in [0.1, 0.15) is 0 Å². The minimum absolute atomic E-state index is 0.684. The predicted molar refractivity (Wildman–Crippen MR) is 210 cm³/mol. The first-order chi connectivity index (χ1) is 25.3. The highest BCUT2D eigenvalue weighted by molar-refractivity contribution is 6.14. The average molecular weight is 652 g/mol. The van der Waals surface area contributed by atoms with Crippen LogP contribution in [0.5, 0.6) is 0 Å². The zero-order valence-electron chi connectivity index (χ0n) is 27.5. The van der Waals surface area contributed by atoms with Crippen molar-refractivity contribution in [3.63, 3.8) is 0 Å². The van der Waals surface area contributed by atoms with Crippen LogP contribution in [0, 0.1) is 0 Å². The van der Waals surface area contributed by atoms with E-state index in [1.807, 2.05) is 0 Å². The summed E-state index contributed by atoms with van der Waals surface area (Å²) in [6.07, 6.45) is 0. The number of nitrogens with zero attached hydrogens (tertiary/aromatic N) is 5. The highest BCUT2D eigenvalue weighted by Crippen LogP contribution is 2.39. The molecule has 0 aliphatic heterocycles. The molecule has 0 aliphatic rings. The Bertz CT molecular complexity index is 3020. The molecule has 238 valence electrons. The summed E-state index contributed by atoms with van der Waals surface area (Å²) in [5.74, 6) is 1.53. The summed E-state index contributed by atoms with van der Waals surface area (Å²) in [6, 6.07) is 62.3. The van der Waals surface area contributed by atoms with E-state index in [0.717, 1.165) is 55.7 Å². The second kappa shape index (κ2) is 10.8. The molecule has 5 nitrogen and oxygen atoms in total. The van der Waals surface area contributed by atoms with Crippen LogP contribution < -0.4 is 0 Å². The molecule has 0 N–H and O–H groups in total. The normalized spacial score (nSPS) is 11.9. The van der Waals surface area contributed by atoms with Gasteiger partial charge in [0.25, 0.3) is 0 Å². The lowest BCUT2D eigenvalue weighted by atomic mass is 10.1. The molecular formula is C46H29N5. The summed E-state index contributed by atoms with van der Waals surface area (Å²) in [5, 5.41) is 5.97. The summed E-state index contributed by atoms with van der Waals surface area (Å²) in [6.45, 7) is 0. The van der Waals surface area contributed by atoms with Crippen LogP contribution >= 0.6 is 0 Å². The maximum atomic E-state index is 5.51. The van der Waals surface area contributed by atoms with Gasteiger partial charge < -0.3 is 9.13 Å². The summed E-state index contributed by atoms with van der Waals surface area (Å²) in [5.41, 5.74) is 10.7. The van der Waals surface area contributed by atoms with E-state index >= 15 is 0 Å². The van der Waals surface area contributed by atoms with Gasteiger partial charge in [0.05, 0.1) is 27.6 Å². The molecule has 0 fully saturated rings. The molecule has 4 aromatic heterocycles. The van der Waals surface area contributed by atoms with Gasteiger partial charge in [0.2, 0.25) is 0 Å². The molecule has 0 aliphatic carbocycles. The standard InChI is InChI=1S/C46H29N5/c1-2-14-31(15-3-1)50-42-25-13-8-20-37(42)43-44(50)46(51-40-23-11-6-18-35(40)36-19-7-12-24-41(36)51)48-45(47-43)30-26-28-32(29-27-30)49-38-21-9-4-16-33(38)34-17-5-10-22-39(34)49/h1-29H. The van der Waals surface area contributed by atoms with Crippen molar-refractivity contribution in [1.82, 2.24) is 23.7 Å². The Balaban J connectivity index is 1.21. The van der Waals surface area contributed by atoms with E-state index in [-0.39, 0.29) is 0 Å². The zero-order valence-corrected chi connectivity index (χ0v) is 27.5. The Morgan fingerprint density at radius 2 is 0.725 bits per heavy atom. The van der Waals surface area contributed by atoms with Gasteiger partial charge in [-0.15, -0.1) is 0 Å². The van der Waals surface area contributed by atoms with E-state index in [4.69, 9.17) is 9.97 Å². The summed E-state index contributed by atoms with van der Waals surface area (Å²) in [7, 11) is 0. The van der Waals surface area contributed by atoms with Gasteiger partial charge in [-0.25, -0.2) is 9.97 Å². The average Bonchev–Trinajstić information content (AvgIpc) is 3.84. The third kappa shape index (κ3) is 4.03. The molecule has 0 saturated heterocycles. The van der Waals surface area contributed by atoms with Crippen LogP contribution in [0.3, 0.4) is 0 Å². The first-order valence-corrected chi connectivity index (χ1v) is 17.3. The molecule has 0 saturated carbocycles. The number of fused-ring (bicyclic) bond motifs is 9. The second-order valence-corrected chi connectivity index (χ2v) is 13.0. The largest absolute Gasteiger partial charge is 0.309 e. The van der Waals surface area contributed by atoms with Crippen molar-refractivity contribution in [3.05, 3.63) is 176 Å².